The number of methoxy groups -OCH3 is 1. The summed E-state index contributed by atoms with van der Waals surface area (Å²) in [7, 11) is -2.01. The van der Waals surface area contributed by atoms with Gasteiger partial charge < -0.3 is 10.1 Å². The topological polar surface area (TPSA) is 67.4 Å². The van der Waals surface area contributed by atoms with Gasteiger partial charge in [-0.25, -0.2) is 13.1 Å². The number of rotatable bonds is 4. The second-order valence-corrected chi connectivity index (χ2v) is 7.05. The van der Waals surface area contributed by atoms with Gasteiger partial charge in [0.25, 0.3) is 0 Å². The van der Waals surface area contributed by atoms with E-state index < -0.39 is 10.0 Å². The molecule has 19 heavy (non-hydrogen) atoms. The summed E-state index contributed by atoms with van der Waals surface area (Å²) in [5.74, 6) is 1.33. The maximum atomic E-state index is 12.2. The van der Waals surface area contributed by atoms with E-state index in [-0.39, 0.29) is 10.9 Å². The maximum Gasteiger partial charge on any atom is 0.240 e. The molecule has 104 valence electrons. The molecule has 1 aromatic carbocycles. The van der Waals surface area contributed by atoms with E-state index in [1.165, 1.54) is 19.2 Å². The summed E-state index contributed by atoms with van der Waals surface area (Å²) >= 11 is 5.96. The van der Waals surface area contributed by atoms with Gasteiger partial charge in [-0.05, 0) is 43.1 Å². The fourth-order valence-electron chi connectivity index (χ4n) is 2.65. The predicted molar refractivity (Wildman–Crippen MR) is 72.0 cm³/mol. The molecule has 0 aromatic heterocycles. The van der Waals surface area contributed by atoms with Crippen LogP contribution in [0.25, 0.3) is 0 Å². The van der Waals surface area contributed by atoms with Gasteiger partial charge in [0.15, 0.2) is 0 Å². The van der Waals surface area contributed by atoms with Crippen LogP contribution in [0.2, 0.25) is 5.02 Å². The number of halogens is 1. The first-order valence-electron chi connectivity index (χ1n) is 6.09. The monoisotopic (exact) mass is 302 g/mol. The Balaban J connectivity index is 1.78. The second kappa shape index (κ2) is 4.63. The van der Waals surface area contributed by atoms with Crippen molar-refractivity contribution >= 4 is 21.6 Å². The molecule has 7 heteroatoms. The van der Waals surface area contributed by atoms with Crippen LogP contribution in [0.3, 0.4) is 0 Å². The van der Waals surface area contributed by atoms with Crippen LogP contribution in [-0.4, -0.2) is 34.7 Å². The minimum Gasteiger partial charge on any atom is -0.495 e. The second-order valence-electron chi connectivity index (χ2n) is 4.93. The molecule has 2 atom stereocenters. The zero-order valence-electron chi connectivity index (χ0n) is 10.4. The molecule has 1 aromatic rings. The number of ether oxygens (including phenoxy) is 1. The Hall–Kier alpha value is -0.820. The molecule has 1 saturated heterocycles. The molecule has 2 unspecified atom stereocenters. The molecular weight excluding hydrogens is 288 g/mol. The minimum atomic E-state index is -3.50. The van der Waals surface area contributed by atoms with E-state index in [1.54, 1.807) is 6.07 Å². The normalized spacial score (nSPS) is 29.1. The number of piperidine rings is 1. The highest BCUT2D eigenvalue weighted by Crippen LogP contribution is 2.42. The Morgan fingerprint density at radius 2 is 2.05 bits per heavy atom. The molecule has 0 bridgehead atoms. The Bertz CT molecular complexity index is 595. The fraction of sp³-hybridized carbons (Fsp3) is 0.500. The smallest absolute Gasteiger partial charge is 0.240 e. The van der Waals surface area contributed by atoms with E-state index in [4.69, 9.17) is 16.3 Å². The third kappa shape index (κ3) is 2.33. The van der Waals surface area contributed by atoms with Gasteiger partial charge in [0.05, 0.1) is 17.0 Å². The van der Waals surface area contributed by atoms with Crippen molar-refractivity contribution in [1.29, 1.82) is 0 Å². The number of hydrogen-bond donors (Lipinski definition) is 2. The SMILES string of the molecule is COc1ccc(S(=O)(=O)NC2C3CNCC32)cc1Cl. The van der Waals surface area contributed by atoms with Gasteiger partial charge in [0, 0.05) is 6.04 Å². The first-order chi connectivity index (χ1) is 9.03. The van der Waals surface area contributed by atoms with Crippen molar-refractivity contribution in [1.82, 2.24) is 10.0 Å². The first-order valence-corrected chi connectivity index (χ1v) is 7.95. The minimum absolute atomic E-state index is 0.0622. The lowest BCUT2D eigenvalue weighted by atomic mass is 10.3. The van der Waals surface area contributed by atoms with Crippen molar-refractivity contribution in [2.75, 3.05) is 20.2 Å². The third-order valence-corrected chi connectivity index (χ3v) is 5.57. The van der Waals surface area contributed by atoms with Gasteiger partial charge in [0.2, 0.25) is 10.0 Å². The predicted octanol–water partition coefficient (Wildman–Crippen LogP) is 0.845. The lowest BCUT2D eigenvalue weighted by Gasteiger charge is -2.10. The summed E-state index contributed by atoms with van der Waals surface area (Å²) in [6, 6.07) is 4.54. The Morgan fingerprint density at radius 1 is 1.37 bits per heavy atom. The average molecular weight is 303 g/mol. The standard InChI is InChI=1S/C12H15ClN2O3S/c1-18-11-3-2-7(4-10(11)13)19(16,17)15-12-8-5-14-6-9(8)12/h2-4,8-9,12,14-15H,5-6H2,1H3. The van der Waals surface area contributed by atoms with Gasteiger partial charge in [-0.15, -0.1) is 0 Å². The molecule has 1 heterocycles. The van der Waals surface area contributed by atoms with Crippen molar-refractivity contribution in [3.05, 3.63) is 23.2 Å². The lowest BCUT2D eigenvalue weighted by Crippen LogP contribution is -2.32. The number of sulfonamides is 1. The highest BCUT2D eigenvalue weighted by Gasteiger charge is 2.54. The summed E-state index contributed by atoms with van der Waals surface area (Å²) in [5.41, 5.74) is 0. The summed E-state index contributed by atoms with van der Waals surface area (Å²) in [6.07, 6.45) is 0. The molecule has 5 nitrogen and oxygen atoms in total. The quantitative estimate of drug-likeness (QED) is 0.865. The largest absolute Gasteiger partial charge is 0.495 e. The number of fused-ring (bicyclic) bond motifs is 1. The van der Waals surface area contributed by atoms with Crippen LogP contribution in [-0.2, 0) is 10.0 Å². The highest BCUT2D eigenvalue weighted by molar-refractivity contribution is 7.89. The van der Waals surface area contributed by atoms with E-state index in [0.717, 1.165) is 13.1 Å². The molecule has 1 aliphatic heterocycles. The molecule has 2 fully saturated rings. The lowest BCUT2D eigenvalue weighted by molar-refractivity contribution is 0.414. The molecule has 2 aliphatic rings. The summed E-state index contributed by atoms with van der Waals surface area (Å²) in [6.45, 7) is 1.78. The summed E-state index contributed by atoms with van der Waals surface area (Å²) in [5, 5.41) is 3.52. The van der Waals surface area contributed by atoms with E-state index in [2.05, 4.69) is 10.0 Å². The van der Waals surface area contributed by atoms with Crippen LogP contribution in [0.4, 0.5) is 0 Å². The van der Waals surface area contributed by atoms with Crippen molar-refractivity contribution in [3.63, 3.8) is 0 Å². The Kier molecular flexibility index (Phi) is 3.21. The fourth-order valence-corrected chi connectivity index (χ4v) is 4.34. The zero-order chi connectivity index (χ0) is 13.6. The summed E-state index contributed by atoms with van der Waals surface area (Å²) in [4.78, 5) is 0.177. The highest BCUT2D eigenvalue weighted by atomic mass is 35.5. The Morgan fingerprint density at radius 3 is 2.63 bits per heavy atom. The van der Waals surface area contributed by atoms with Gasteiger partial charge in [0.1, 0.15) is 5.75 Å². The van der Waals surface area contributed by atoms with E-state index in [9.17, 15) is 8.42 Å². The zero-order valence-corrected chi connectivity index (χ0v) is 12.0. The Labute approximate surface area is 117 Å². The van der Waals surface area contributed by atoms with Crippen molar-refractivity contribution in [2.24, 2.45) is 11.8 Å². The molecule has 1 saturated carbocycles. The van der Waals surface area contributed by atoms with Gasteiger partial charge in [-0.1, -0.05) is 11.6 Å². The van der Waals surface area contributed by atoms with Crippen LogP contribution in [0.5, 0.6) is 5.75 Å². The molecule has 2 N–H and O–H groups in total. The van der Waals surface area contributed by atoms with Crippen LogP contribution >= 0.6 is 11.6 Å². The van der Waals surface area contributed by atoms with Gasteiger partial charge in [-0.3, -0.25) is 0 Å². The van der Waals surface area contributed by atoms with Crippen LogP contribution in [0.1, 0.15) is 0 Å². The molecule has 0 radical (unpaired) electrons. The number of benzene rings is 1. The maximum absolute atomic E-state index is 12.2. The van der Waals surface area contributed by atoms with Crippen molar-refractivity contribution in [2.45, 2.75) is 10.9 Å². The third-order valence-electron chi connectivity index (χ3n) is 3.82. The van der Waals surface area contributed by atoms with Crippen LogP contribution in [0.15, 0.2) is 23.1 Å². The molecule has 0 spiro atoms. The molecular formula is C12H15ClN2O3S. The number of nitrogens with one attached hydrogen (secondary N) is 2. The van der Waals surface area contributed by atoms with Crippen LogP contribution < -0.4 is 14.8 Å². The van der Waals surface area contributed by atoms with Gasteiger partial charge >= 0.3 is 0 Å². The number of hydrogen-bond acceptors (Lipinski definition) is 4. The van der Waals surface area contributed by atoms with E-state index in [1.807, 2.05) is 0 Å². The van der Waals surface area contributed by atoms with Crippen LogP contribution in [0, 0.1) is 11.8 Å². The molecule has 3 rings (SSSR count). The average Bonchev–Trinajstić information content (AvgIpc) is 2.82. The first kappa shape index (κ1) is 13.2. The molecule has 1 aliphatic carbocycles. The van der Waals surface area contributed by atoms with E-state index >= 15 is 0 Å². The summed E-state index contributed by atoms with van der Waals surface area (Å²) < 4.78 is 32.2. The van der Waals surface area contributed by atoms with Gasteiger partial charge in [-0.2, -0.15) is 0 Å². The van der Waals surface area contributed by atoms with Crippen molar-refractivity contribution < 1.29 is 13.2 Å². The molecule has 0 amide bonds. The van der Waals surface area contributed by atoms with Crippen molar-refractivity contribution in [3.8, 4) is 5.75 Å². The van der Waals surface area contributed by atoms with E-state index in [0.29, 0.717) is 22.6 Å².